The van der Waals surface area contributed by atoms with Crippen molar-refractivity contribution in [1.82, 2.24) is 14.7 Å². The lowest BCUT2D eigenvalue weighted by atomic mass is 9.99. The fraction of sp³-hybridized carbons (Fsp3) is 0.435. The molecule has 3 amide bonds. The molecule has 0 spiro atoms. The molecule has 7 heteroatoms. The Hall–Kier alpha value is -2.67. The van der Waals surface area contributed by atoms with Crippen LogP contribution >= 0.6 is 11.3 Å². The van der Waals surface area contributed by atoms with Crippen LogP contribution in [-0.2, 0) is 9.59 Å². The molecule has 0 aliphatic carbocycles. The van der Waals surface area contributed by atoms with Crippen LogP contribution in [0.15, 0.2) is 42.5 Å². The van der Waals surface area contributed by atoms with Crippen LogP contribution in [0.5, 0.6) is 0 Å². The second kappa shape index (κ2) is 9.00. The van der Waals surface area contributed by atoms with Gasteiger partial charge >= 0.3 is 0 Å². The predicted molar refractivity (Wildman–Crippen MR) is 116 cm³/mol. The fourth-order valence-electron chi connectivity index (χ4n) is 4.20. The number of aryl methyl sites for hydroxylation is 1. The molecule has 1 unspecified atom stereocenters. The van der Waals surface area contributed by atoms with Crippen molar-refractivity contribution in [1.29, 1.82) is 0 Å². The maximum atomic E-state index is 13.5. The maximum Gasteiger partial charge on any atom is 0.264 e. The van der Waals surface area contributed by atoms with Crippen LogP contribution < -0.4 is 0 Å². The Balaban J connectivity index is 1.47. The quantitative estimate of drug-likeness (QED) is 0.756. The summed E-state index contributed by atoms with van der Waals surface area (Å²) < 4.78 is 0. The van der Waals surface area contributed by atoms with Crippen LogP contribution in [0.2, 0.25) is 0 Å². The Morgan fingerprint density at radius 2 is 1.60 bits per heavy atom. The summed E-state index contributed by atoms with van der Waals surface area (Å²) >= 11 is 1.50. The zero-order chi connectivity index (χ0) is 21.1. The van der Waals surface area contributed by atoms with Crippen molar-refractivity contribution >= 4 is 29.1 Å². The van der Waals surface area contributed by atoms with E-state index in [1.54, 1.807) is 4.90 Å². The molecular weight excluding hydrogens is 398 g/mol. The highest BCUT2D eigenvalue weighted by Crippen LogP contribution is 2.28. The van der Waals surface area contributed by atoms with Crippen LogP contribution in [-0.4, -0.2) is 65.1 Å². The van der Waals surface area contributed by atoms with Gasteiger partial charge in [-0.2, -0.15) is 0 Å². The summed E-state index contributed by atoms with van der Waals surface area (Å²) in [6, 6.07) is 12.8. The minimum atomic E-state index is -0.582. The van der Waals surface area contributed by atoms with Gasteiger partial charge < -0.3 is 14.7 Å². The van der Waals surface area contributed by atoms with E-state index < -0.39 is 6.04 Å². The average molecular weight is 426 g/mol. The first-order valence-corrected chi connectivity index (χ1v) is 11.3. The molecule has 1 aromatic heterocycles. The minimum absolute atomic E-state index is 0.0333. The molecule has 4 rings (SSSR count). The molecule has 3 heterocycles. The number of amides is 3. The van der Waals surface area contributed by atoms with E-state index in [2.05, 4.69) is 0 Å². The van der Waals surface area contributed by atoms with Gasteiger partial charge in [-0.3, -0.25) is 14.4 Å². The second-order valence-electron chi connectivity index (χ2n) is 7.89. The van der Waals surface area contributed by atoms with Crippen molar-refractivity contribution in [2.75, 3.05) is 32.7 Å². The summed E-state index contributed by atoms with van der Waals surface area (Å²) in [4.78, 5) is 46.1. The van der Waals surface area contributed by atoms with Crippen LogP contribution in [0.25, 0.3) is 0 Å². The predicted octanol–water partition coefficient (Wildman–Crippen LogP) is 3.09. The third-order valence-electron chi connectivity index (χ3n) is 5.85. The molecule has 0 N–H and O–H groups in total. The number of hydrogen-bond donors (Lipinski definition) is 0. The lowest BCUT2D eigenvalue weighted by Crippen LogP contribution is -2.54. The minimum Gasteiger partial charge on any atom is -0.337 e. The van der Waals surface area contributed by atoms with Gasteiger partial charge in [-0.05, 0) is 37.5 Å². The molecule has 2 saturated heterocycles. The molecule has 2 aromatic rings. The van der Waals surface area contributed by atoms with E-state index in [9.17, 15) is 14.4 Å². The molecule has 0 saturated carbocycles. The van der Waals surface area contributed by atoms with Gasteiger partial charge in [-0.1, -0.05) is 30.3 Å². The van der Waals surface area contributed by atoms with Gasteiger partial charge in [0.05, 0.1) is 4.88 Å². The van der Waals surface area contributed by atoms with Crippen molar-refractivity contribution in [3.63, 3.8) is 0 Å². The lowest BCUT2D eigenvalue weighted by molar-refractivity contribution is -0.148. The van der Waals surface area contributed by atoms with Crippen molar-refractivity contribution in [3.8, 4) is 0 Å². The SMILES string of the molecule is Cc1ccc(C(=O)N2CCN(C(=O)C(c3ccccc3)N3CCCCC3=O)CC2)s1. The first-order valence-electron chi connectivity index (χ1n) is 10.5. The second-order valence-corrected chi connectivity index (χ2v) is 9.17. The van der Waals surface area contributed by atoms with Gasteiger partial charge in [0.15, 0.2) is 0 Å². The summed E-state index contributed by atoms with van der Waals surface area (Å²) in [6.07, 6.45) is 2.30. The zero-order valence-corrected chi connectivity index (χ0v) is 18.1. The highest BCUT2D eigenvalue weighted by Gasteiger charge is 2.36. The largest absolute Gasteiger partial charge is 0.337 e. The molecule has 0 radical (unpaired) electrons. The molecular formula is C23H27N3O3S. The lowest BCUT2D eigenvalue weighted by Gasteiger charge is -2.40. The number of carbonyl (C=O) groups is 3. The Kier molecular flexibility index (Phi) is 6.18. The Bertz CT molecular complexity index is 919. The average Bonchev–Trinajstić information content (AvgIpc) is 3.22. The third kappa shape index (κ3) is 4.26. The van der Waals surface area contributed by atoms with E-state index in [1.165, 1.54) is 11.3 Å². The Labute approximate surface area is 181 Å². The van der Waals surface area contributed by atoms with Crippen molar-refractivity contribution in [2.45, 2.75) is 32.2 Å². The number of rotatable bonds is 4. The molecule has 2 fully saturated rings. The molecule has 30 heavy (non-hydrogen) atoms. The highest BCUT2D eigenvalue weighted by atomic mass is 32.1. The van der Waals surface area contributed by atoms with Gasteiger partial charge in [0.1, 0.15) is 6.04 Å². The van der Waals surface area contributed by atoms with Crippen molar-refractivity contribution in [3.05, 3.63) is 57.8 Å². The molecule has 0 bridgehead atoms. The maximum absolute atomic E-state index is 13.5. The van der Waals surface area contributed by atoms with Crippen LogP contribution in [0.1, 0.15) is 45.4 Å². The normalized spacial score (nSPS) is 18.4. The van der Waals surface area contributed by atoms with E-state index in [1.807, 2.05) is 59.2 Å². The van der Waals surface area contributed by atoms with Crippen LogP contribution in [0.3, 0.4) is 0 Å². The Morgan fingerprint density at radius 3 is 2.23 bits per heavy atom. The fourth-order valence-corrected chi connectivity index (χ4v) is 5.03. The monoisotopic (exact) mass is 425 g/mol. The Morgan fingerprint density at radius 1 is 0.900 bits per heavy atom. The number of piperazine rings is 1. The third-order valence-corrected chi connectivity index (χ3v) is 6.84. The van der Waals surface area contributed by atoms with Gasteiger partial charge in [-0.25, -0.2) is 0 Å². The summed E-state index contributed by atoms with van der Waals surface area (Å²) in [5.41, 5.74) is 0.852. The number of benzene rings is 1. The van der Waals surface area contributed by atoms with Gasteiger partial charge in [0, 0.05) is 44.0 Å². The van der Waals surface area contributed by atoms with Gasteiger partial charge in [0.2, 0.25) is 11.8 Å². The van der Waals surface area contributed by atoms with Gasteiger partial charge in [0.25, 0.3) is 5.91 Å². The molecule has 1 atom stereocenters. The molecule has 2 aliphatic heterocycles. The number of piperidine rings is 1. The van der Waals surface area contributed by atoms with E-state index in [0.29, 0.717) is 39.1 Å². The van der Waals surface area contributed by atoms with Crippen LogP contribution in [0.4, 0.5) is 0 Å². The van der Waals surface area contributed by atoms with Crippen LogP contribution in [0, 0.1) is 6.92 Å². The first-order chi connectivity index (χ1) is 14.5. The van der Waals surface area contributed by atoms with E-state index in [0.717, 1.165) is 28.2 Å². The molecule has 1 aromatic carbocycles. The number of likely N-dealkylation sites (tertiary alicyclic amines) is 1. The molecule has 6 nitrogen and oxygen atoms in total. The number of thiophene rings is 1. The number of hydrogen-bond acceptors (Lipinski definition) is 4. The molecule has 158 valence electrons. The number of carbonyl (C=O) groups excluding carboxylic acids is 3. The zero-order valence-electron chi connectivity index (χ0n) is 17.3. The van der Waals surface area contributed by atoms with Crippen molar-refractivity contribution in [2.24, 2.45) is 0 Å². The molecule has 2 aliphatic rings. The smallest absolute Gasteiger partial charge is 0.264 e. The highest BCUT2D eigenvalue weighted by molar-refractivity contribution is 7.13. The first kappa shape index (κ1) is 20.6. The standard InChI is InChI=1S/C23H27N3O3S/c1-17-10-11-19(30-17)22(28)24-13-15-25(16-14-24)23(29)21(18-7-3-2-4-8-18)26-12-6-5-9-20(26)27/h2-4,7-8,10-11,21H,5-6,9,12-16H2,1H3. The van der Waals surface area contributed by atoms with E-state index in [-0.39, 0.29) is 17.7 Å². The summed E-state index contributed by atoms with van der Waals surface area (Å²) in [6.45, 7) is 4.60. The number of nitrogens with zero attached hydrogens (tertiary/aromatic N) is 3. The topological polar surface area (TPSA) is 60.9 Å². The summed E-state index contributed by atoms with van der Waals surface area (Å²) in [5.74, 6) is 0.0341. The van der Waals surface area contributed by atoms with Gasteiger partial charge in [-0.15, -0.1) is 11.3 Å². The summed E-state index contributed by atoms with van der Waals surface area (Å²) in [7, 11) is 0. The van der Waals surface area contributed by atoms with Crippen molar-refractivity contribution < 1.29 is 14.4 Å². The summed E-state index contributed by atoms with van der Waals surface area (Å²) in [5, 5.41) is 0. The van der Waals surface area contributed by atoms with E-state index in [4.69, 9.17) is 0 Å². The van der Waals surface area contributed by atoms with E-state index >= 15 is 0 Å².